The van der Waals surface area contributed by atoms with Gasteiger partial charge in [0.25, 0.3) is 0 Å². The van der Waals surface area contributed by atoms with Gasteiger partial charge in [-0.2, -0.15) is 0 Å². The number of aliphatic hydroxyl groups is 2. The van der Waals surface area contributed by atoms with Crippen molar-refractivity contribution >= 4 is 21.8 Å². The molecule has 0 fully saturated rings. The zero-order valence-electron chi connectivity index (χ0n) is 9.67. The number of hydrogen-bond donors (Lipinski definition) is 2. The van der Waals surface area contributed by atoms with E-state index >= 15 is 0 Å². The second kappa shape index (κ2) is 4.33. The fourth-order valence-electron chi connectivity index (χ4n) is 2.15. The number of pyridine rings is 2. The zero-order chi connectivity index (χ0) is 12.5. The molecule has 4 nitrogen and oxygen atoms in total. The van der Waals surface area contributed by atoms with E-state index in [0.29, 0.717) is 11.3 Å². The first-order valence-electron chi connectivity index (χ1n) is 5.71. The first-order valence-corrected chi connectivity index (χ1v) is 5.71. The third-order valence-electron chi connectivity index (χ3n) is 3.06. The van der Waals surface area contributed by atoms with Gasteiger partial charge in [-0.3, -0.25) is 4.98 Å². The number of hydrogen-bond acceptors (Lipinski definition) is 4. The van der Waals surface area contributed by atoms with Gasteiger partial charge in [0.1, 0.15) is 0 Å². The Labute approximate surface area is 104 Å². The van der Waals surface area contributed by atoms with Gasteiger partial charge in [-0.15, -0.1) is 0 Å². The monoisotopic (exact) mass is 240 g/mol. The molecule has 0 bridgehead atoms. The Kier molecular flexibility index (Phi) is 2.66. The molecule has 4 heteroatoms. The van der Waals surface area contributed by atoms with Crippen LogP contribution in [0, 0.1) is 0 Å². The molecule has 1 aromatic carbocycles. The van der Waals surface area contributed by atoms with E-state index < -0.39 is 0 Å². The van der Waals surface area contributed by atoms with Crippen molar-refractivity contribution in [2.24, 2.45) is 0 Å². The van der Waals surface area contributed by atoms with Gasteiger partial charge in [-0.25, -0.2) is 4.98 Å². The highest BCUT2D eigenvalue weighted by Crippen LogP contribution is 2.24. The van der Waals surface area contributed by atoms with Crippen LogP contribution in [0.3, 0.4) is 0 Å². The van der Waals surface area contributed by atoms with Crippen molar-refractivity contribution in [1.82, 2.24) is 9.97 Å². The average Bonchev–Trinajstić information content (AvgIpc) is 2.45. The number of nitrogens with zero attached hydrogens (tertiary/aromatic N) is 2. The van der Waals surface area contributed by atoms with Gasteiger partial charge in [0.05, 0.1) is 29.9 Å². The Morgan fingerprint density at radius 1 is 1.06 bits per heavy atom. The number of fused-ring (bicyclic) bond motifs is 3. The third-order valence-corrected chi connectivity index (χ3v) is 3.06. The van der Waals surface area contributed by atoms with Crippen LogP contribution in [0.2, 0.25) is 0 Å². The standard InChI is InChI=1S/C14H12N2O2/c17-7-10-6-9-3-4-12-11(2-1-5-15-12)14(9)16-13(10)8-18/h1-6,17-18H,7-8H2. The molecular weight excluding hydrogens is 228 g/mol. The second-order valence-corrected chi connectivity index (χ2v) is 4.12. The molecule has 0 aliphatic carbocycles. The largest absolute Gasteiger partial charge is 0.392 e. The maximum absolute atomic E-state index is 9.29. The van der Waals surface area contributed by atoms with Crippen LogP contribution < -0.4 is 0 Å². The van der Waals surface area contributed by atoms with Crippen molar-refractivity contribution in [2.75, 3.05) is 0 Å². The Hall–Kier alpha value is -2.04. The number of rotatable bonds is 2. The average molecular weight is 240 g/mol. The van der Waals surface area contributed by atoms with Gasteiger partial charge in [0, 0.05) is 22.5 Å². The lowest BCUT2D eigenvalue weighted by atomic mass is 10.1. The van der Waals surface area contributed by atoms with Crippen molar-refractivity contribution in [1.29, 1.82) is 0 Å². The van der Waals surface area contributed by atoms with E-state index in [4.69, 9.17) is 0 Å². The van der Waals surface area contributed by atoms with Crippen molar-refractivity contribution in [3.8, 4) is 0 Å². The highest BCUT2D eigenvalue weighted by atomic mass is 16.3. The van der Waals surface area contributed by atoms with Crippen molar-refractivity contribution < 1.29 is 10.2 Å². The van der Waals surface area contributed by atoms with Gasteiger partial charge in [-0.05, 0) is 24.3 Å². The Bertz CT molecular complexity index is 725. The van der Waals surface area contributed by atoms with Crippen LogP contribution >= 0.6 is 0 Å². The first-order chi connectivity index (χ1) is 8.83. The topological polar surface area (TPSA) is 66.2 Å². The summed E-state index contributed by atoms with van der Waals surface area (Å²) in [7, 11) is 0. The summed E-state index contributed by atoms with van der Waals surface area (Å²) in [5.74, 6) is 0. The van der Waals surface area contributed by atoms with Crippen LogP contribution in [-0.2, 0) is 13.2 Å². The predicted molar refractivity (Wildman–Crippen MR) is 68.9 cm³/mol. The molecule has 0 atom stereocenters. The van der Waals surface area contributed by atoms with Crippen molar-refractivity contribution in [3.05, 3.63) is 47.8 Å². The SMILES string of the molecule is OCc1cc2ccc3ncccc3c2nc1CO. The van der Waals surface area contributed by atoms with E-state index in [1.54, 1.807) is 6.20 Å². The minimum atomic E-state index is -0.178. The lowest BCUT2D eigenvalue weighted by Crippen LogP contribution is -1.99. The van der Waals surface area contributed by atoms with E-state index in [9.17, 15) is 10.2 Å². The van der Waals surface area contributed by atoms with Crippen LogP contribution in [0.4, 0.5) is 0 Å². The summed E-state index contributed by atoms with van der Waals surface area (Å²) in [6.45, 7) is -0.299. The first kappa shape index (κ1) is 11.1. The molecule has 0 spiro atoms. The molecule has 2 N–H and O–H groups in total. The zero-order valence-corrected chi connectivity index (χ0v) is 9.67. The van der Waals surface area contributed by atoms with E-state index in [2.05, 4.69) is 9.97 Å². The molecule has 0 aliphatic heterocycles. The Morgan fingerprint density at radius 3 is 2.72 bits per heavy atom. The lowest BCUT2D eigenvalue weighted by Gasteiger charge is -2.08. The number of aliphatic hydroxyl groups excluding tert-OH is 2. The summed E-state index contributed by atoms with van der Waals surface area (Å²) in [4.78, 5) is 8.72. The van der Waals surface area contributed by atoms with E-state index in [1.807, 2.05) is 30.3 Å². The van der Waals surface area contributed by atoms with Crippen LogP contribution in [0.25, 0.3) is 21.8 Å². The van der Waals surface area contributed by atoms with Gasteiger partial charge < -0.3 is 10.2 Å². The smallest absolute Gasteiger partial charge is 0.0856 e. The molecule has 0 amide bonds. The summed E-state index contributed by atoms with van der Waals surface area (Å²) in [5.41, 5.74) is 2.86. The number of benzene rings is 1. The molecule has 0 saturated heterocycles. The fraction of sp³-hybridized carbons (Fsp3) is 0.143. The Morgan fingerprint density at radius 2 is 1.94 bits per heavy atom. The second-order valence-electron chi connectivity index (χ2n) is 4.12. The lowest BCUT2D eigenvalue weighted by molar-refractivity contribution is 0.256. The van der Waals surface area contributed by atoms with Crippen molar-refractivity contribution in [2.45, 2.75) is 13.2 Å². The molecule has 0 radical (unpaired) electrons. The van der Waals surface area contributed by atoms with Crippen LogP contribution in [-0.4, -0.2) is 20.2 Å². The molecule has 3 aromatic rings. The van der Waals surface area contributed by atoms with E-state index in [0.717, 1.165) is 21.8 Å². The molecule has 2 heterocycles. The van der Waals surface area contributed by atoms with Gasteiger partial charge in [0.15, 0.2) is 0 Å². The minimum absolute atomic E-state index is 0.121. The normalized spacial score (nSPS) is 11.2. The maximum atomic E-state index is 9.29. The molecule has 18 heavy (non-hydrogen) atoms. The molecule has 90 valence electrons. The predicted octanol–water partition coefficient (Wildman–Crippen LogP) is 1.77. The van der Waals surface area contributed by atoms with Crippen LogP contribution in [0.15, 0.2) is 36.5 Å². The highest BCUT2D eigenvalue weighted by molar-refractivity contribution is 6.03. The van der Waals surface area contributed by atoms with Crippen LogP contribution in [0.5, 0.6) is 0 Å². The summed E-state index contributed by atoms with van der Waals surface area (Å²) in [6, 6.07) is 9.54. The van der Waals surface area contributed by atoms with Gasteiger partial charge in [0.2, 0.25) is 0 Å². The molecule has 0 saturated carbocycles. The number of aromatic nitrogens is 2. The Balaban J connectivity index is 2.43. The molecule has 3 rings (SSSR count). The van der Waals surface area contributed by atoms with Crippen LogP contribution in [0.1, 0.15) is 11.3 Å². The summed E-state index contributed by atoms with van der Waals surface area (Å²) in [5, 5.41) is 20.4. The molecular formula is C14H12N2O2. The fourth-order valence-corrected chi connectivity index (χ4v) is 2.15. The quantitative estimate of drug-likeness (QED) is 0.670. The van der Waals surface area contributed by atoms with E-state index in [1.165, 1.54) is 0 Å². The van der Waals surface area contributed by atoms with E-state index in [-0.39, 0.29) is 13.2 Å². The third kappa shape index (κ3) is 1.63. The van der Waals surface area contributed by atoms with Gasteiger partial charge >= 0.3 is 0 Å². The summed E-state index contributed by atoms with van der Waals surface area (Å²) in [6.07, 6.45) is 1.74. The highest BCUT2D eigenvalue weighted by Gasteiger charge is 2.08. The summed E-state index contributed by atoms with van der Waals surface area (Å²) >= 11 is 0. The minimum Gasteiger partial charge on any atom is -0.392 e. The van der Waals surface area contributed by atoms with Crippen molar-refractivity contribution in [3.63, 3.8) is 0 Å². The molecule has 0 unspecified atom stereocenters. The molecule has 0 aliphatic rings. The van der Waals surface area contributed by atoms with Gasteiger partial charge in [-0.1, -0.05) is 6.07 Å². The summed E-state index contributed by atoms with van der Waals surface area (Å²) < 4.78 is 0. The maximum Gasteiger partial charge on any atom is 0.0856 e. The molecule has 2 aromatic heterocycles.